The van der Waals surface area contributed by atoms with Gasteiger partial charge in [0.05, 0.1) is 17.8 Å². The minimum atomic E-state index is -3.52. The number of aromatic nitrogens is 5. The number of sulfone groups is 1. The Hall–Kier alpha value is -3.72. The Kier molecular flexibility index (Phi) is 9.80. The molecule has 0 spiro atoms. The van der Waals surface area contributed by atoms with E-state index in [2.05, 4.69) is 49.3 Å². The summed E-state index contributed by atoms with van der Waals surface area (Å²) in [6.07, 6.45) is 3.19. The largest absolute Gasteiger partial charge is 0.490 e. The monoisotopic (exact) mass is 623 g/mol. The van der Waals surface area contributed by atoms with Crippen LogP contribution in [0.25, 0.3) is 0 Å². The molecule has 4 heterocycles. The van der Waals surface area contributed by atoms with Crippen LogP contribution in [-0.4, -0.2) is 104 Å². The number of aromatic amines is 1. The van der Waals surface area contributed by atoms with Gasteiger partial charge in [0.25, 0.3) is 0 Å². The maximum Gasteiger partial charge on any atom is 0.204 e. The number of benzene rings is 1. The Labute approximate surface area is 256 Å². The molecule has 1 aliphatic heterocycles. The topological polar surface area (TPSA) is 132 Å². The molecular formula is C29H37N9O3S2. The Morgan fingerprint density at radius 3 is 2.49 bits per heavy atom. The van der Waals surface area contributed by atoms with Crippen LogP contribution in [0.4, 0.5) is 17.5 Å². The number of nitrogens with zero attached hydrogens (tertiary/aromatic N) is 7. The van der Waals surface area contributed by atoms with E-state index in [1.165, 1.54) is 11.8 Å². The molecule has 43 heavy (non-hydrogen) atoms. The zero-order chi connectivity index (χ0) is 30.4. The summed E-state index contributed by atoms with van der Waals surface area (Å²) < 4.78 is 31.8. The van der Waals surface area contributed by atoms with Gasteiger partial charge < -0.3 is 19.9 Å². The quantitative estimate of drug-likeness (QED) is 0.224. The lowest BCUT2D eigenvalue weighted by Gasteiger charge is -2.36. The third-order valence-electron chi connectivity index (χ3n) is 6.99. The number of rotatable bonds is 12. The summed E-state index contributed by atoms with van der Waals surface area (Å²) in [5, 5.41) is 11.0. The third-order valence-corrected chi connectivity index (χ3v) is 9.57. The van der Waals surface area contributed by atoms with Crippen LogP contribution in [-0.2, 0) is 15.6 Å². The van der Waals surface area contributed by atoms with Gasteiger partial charge in [0.1, 0.15) is 0 Å². The van der Waals surface area contributed by atoms with E-state index in [4.69, 9.17) is 14.7 Å². The summed E-state index contributed by atoms with van der Waals surface area (Å²) in [6.45, 7) is 7.39. The molecule has 14 heteroatoms. The van der Waals surface area contributed by atoms with Gasteiger partial charge >= 0.3 is 0 Å². The first-order chi connectivity index (χ1) is 20.7. The standard InChI is InChI=1S/C29H37N9O3S2/c1-21-18-25(35-34-21)31-27-26(41-4)28(38-16-14-37(15-17-38)13-12-36(2)3)33-29(32-27)42-23-7-9-24(10-8-23)43(39,40)20-22-6-5-11-30-19-22/h5-11,18-19H,12-17,20H2,1-4H3,(H2,31,32,33,34,35). The van der Waals surface area contributed by atoms with Crippen LogP contribution in [0.3, 0.4) is 0 Å². The Morgan fingerprint density at radius 1 is 1.09 bits per heavy atom. The van der Waals surface area contributed by atoms with Gasteiger partial charge in [0.2, 0.25) is 5.75 Å². The van der Waals surface area contributed by atoms with Crippen molar-refractivity contribution < 1.29 is 13.2 Å². The number of likely N-dealkylation sites (N-methyl/N-ethyl adjacent to an activating group) is 1. The molecule has 0 unspecified atom stereocenters. The zero-order valence-corrected chi connectivity index (χ0v) is 26.5. The highest BCUT2D eigenvalue weighted by molar-refractivity contribution is 7.99. The van der Waals surface area contributed by atoms with Gasteiger partial charge in [-0.15, -0.1) is 0 Å². The van der Waals surface area contributed by atoms with Gasteiger partial charge in [-0.25, -0.2) is 18.4 Å². The Bertz CT molecular complexity index is 1610. The predicted molar refractivity (Wildman–Crippen MR) is 168 cm³/mol. The predicted octanol–water partition coefficient (Wildman–Crippen LogP) is 3.46. The summed E-state index contributed by atoms with van der Waals surface area (Å²) >= 11 is 1.36. The number of anilines is 3. The second-order valence-corrected chi connectivity index (χ2v) is 13.6. The normalized spacial score (nSPS) is 14.3. The van der Waals surface area contributed by atoms with Crippen molar-refractivity contribution in [2.45, 2.75) is 27.6 Å². The van der Waals surface area contributed by atoms with Crippen LogP contribution >= 0.6 is 11.8 Å². The minimum absolute atomic E-state index is 0.109. The van der Waals surface area contributed by atoms with E-state index in [0.717, 1.165) is 49.9 Å². The van der Waals surface area contributed by atoms with E-state index in [1.807, 2.05) is 13.0 Å². The first kappa shape index (κ1) is 30.7. The van der Waals surface area contributed by atoms with Crippen molar-refractivity contribution in [2.75, 3.05) is 70.7 Å². The lowest BCUT2D eigenvalue weighted by Crippen LogP contribution is -2.48. The SMILES string of the molecule is COc1c(Nc2cc(C)[nH]n2)nc(Sc2ccc(S(=O)(=O)Cc3cccnc3)cc2)nc1N1CCN(CCN(C)C)CC1. The molecule has 0 atom stereocenters. The molecule has 12 nitrogen and oxygen atoms in total. The molecule has 0 aliphatic carbocycles. The van der Waals surface area contributed by atoms with Crippen LogP contribution in [0.1, 0.15) is 11.3 Å². The molecule has 5 rings (SSSR count). The summed E-state index contributed by atoms with van der Waals surface area (Å²) in [6, 6.07) is 12.2. The molecule has 0 bridgehead atoms. The second kappa shape index (κ2) is 13.7. The fourth-order valence-electron chi connectivity index (χ4n) is 4.69. The average Bonchev–Trinajstić information content (AvgIpc) is 3.41. The third kappa shape index (κ3) is 8.02. The minimum Gasteiger partial charge on any atom is -0.490 e. The highest BCUT2D eigenvalue weighted by Crippen LogP contribution is 2.38. The second-order valence-electron chi connectivity index (χ2n) is 10.6. The number of aryl methyl sites for hydroxylation is 1. The van der Waals surface area contributed by atoms with Crippen molar-refractivity contribution in [3.05, 3.63) is 66.1 Å². The average molecular weight is 624 g/mol. The van der Waals surface area contributed by atoms with E-state index in [0.29, 0.717) is 33.9 Å². The molecule has 228 valence electrons. The van der Waals surface area contributed by atoms with Crippen molar-refractivity contribution in [1.82, 2.24) is 34.9 Å². The Morgan fingerprint density at radius 2 is 1.86 bits per heavy atom. The summed E-state index contributed by atoms with van der Waals surface area (Å²) in [4.78, 5) is 21.7. The molecule has 0 saturated carbocycles. The molecule has 1 fully saturated rings. The van der Waals surface area contributed by atoms with E-state index < -0.39 is 9.84 Å². The van der Waals surface area contributed by atoms with Crippen LogP contribution in [0.5, 0.6) is 5.75 Å². The zero-order valence-electron chi connectivity index (χ0n) is 24.8. The first-order valence-electron chi connectivity index (χ1n) is 14.0. The molecule has 1 saturated heterocycles. The molecule has 1 aromatic carbocycles. The van der Waals surface area contributed by atoms with Crippen molar-refractivity contribution in [3.8, 4) is 5.75 Å². The number of hydrogen-bond donors (Lipinski definition) is 2. The number of pyridine rings is 1. The highest BCUT2D eigenvalue weighted by atomic mass is 32.2. The van der Waals surface area contributed by atoms with E-state index in [1.54, 1.807) is 55.9 Å². The van der Waals surface area contributed by atoms with Crippen LogP contribution in [0, 0.1) is 6.92 Å². The van der Waals surface area contributed by atoms with Crippen molar-refractivity contribution in [3.63, 3.8) is 0 Å². The summed E-state index contributed by atoms with van der Waals surface area (Å²) in [5.41, 5.74) is 1.56. The molecule has 0 amide bonds. The molecule has 4 aromatic rings. The van der Waals surface area contributed by atoms with Crippen molar-refractivity contribution in [2.24, 2.45) is 0 Å². The number of methoxy groups -OCH3 is 1. The maximum atomic E-state index is 13.0. The number of ether oxygens (including phenoxy) is 1. The summed E-state index contributed by atoms with van der Waals surface area (Å²) in [5.74, 6) is 2.27. The van der Waals surface area contributed by atoms with Gasteiger partial charge in [-0.05, 0) is 68.7 Å². The van der Waals surface area contributed by atoms with Crippen LogP contribution < -0.4 is 15.0 Å². The van der Waals surface area contributed by atoms with Crippen LogP contribution in [0.2, 0.25) is 0 Å². The lowest BCUT2D eigenvalue weighted by molar-refractivity contribution is 0.228. The lowest BCUT2D eigenvalue weighted by atomic mass is 10.3. The van der Waals surface area contributed by atoms with Gasteiger partial charge in [0, 0.05) is 68.3 Å². The van der Waals surface area contributed by atoms with Crippen LogP contribution in [0.15, 0.2) is 69.8 Å². The highest BCUT2D eigenvalue weighted by Gasteiger charge is 2.25. The van der Waals surface area contributed by atoms with Gasteiger partial charge in [-0.3, -0.25) is 15.0 Å². The van der Waals surface area contributed by atoms with E-state index in [9.17, 15) is 8.42 Å². The number of piperazine rings is 1. The Balaban J connectivity index is 1.39. The molecule has 1 aliphatic rings. The molecular weight excluding hydrogens is 587 g/mol. The fourth-order valence-corrected chi connectivity index (χ4v) is 6.77. The molecule has 2 N–H and O–H groups in total. The summed E-state index contributed by atoms with van der Waals surface area (Å²) in [7, 11) is 2.28. The van der Waals surface area contributed by atoms with Gasteiger partial charge in [-0.2, -0.15) is 5.10 Å². The smallest absolute Gasteiger partial charge is 0.204 e. The fraction of sp³-hybridized carbons (Fsp3) is 0.379. The van der Waals surface area contributed by atoms with Crippen molar-refractivity contribution in [1.29, 1.82) is 0 Å². The van der Waals surface area contributed by atoms with Gasteiger partial charge in [0.15, 0.2) is 32.4 Å². The molecule has 0 radical (unpaired) electrons. The van der Waals surface area contributed by atoms with E-state index in [-0.39, 0.29) is 10.6 Å². The number of nitrogens with one attached hydrogen (secondary N) is 2. The molecule has 3 aromatic heterocycles. The van der Waals surface area contributed by atoms with Gasteiger partial charge in [-0.1, -0.05) is 6.07 Å². The first-order valence-corrected chi connectivity index (χ1v) is 16.4. The van der Waals surface area contributed by atoms with Crippen molar-refractivity contribution >= 4 is 39.1 Å². The number of hydrogen-bond acceptors (Lipinski definition) is 12. The maximum absolute atomic E-state index is 13.0. The van der Waals surface area contributed by atoms with E-state index >= 15 is 0 Å². The number of H-pyrrole nitrogens is 1.